The highest BCUT2D eigenvalue weighted by Gasteiger charge is 2.49. The van der Waals surface area contributed by atoms with Crippen LogP contribution in [-0.2, 0) is 21.6 Å². The molecule has 6 rings (SSSR count). The summed E-state index contributed by atoms with van der Waals surface area (Å²) < 4.78 is 21.1. The molecule has 9 nitrogen and oxygen atoms in total. The number of nitrogens with two attached hydrogens (primary N) is 1. The van der Waals surface area contributed by atoms with Crippen LogP contribution in [0.2, 0.25) is 5.02 Å². The molecule has 0 saturated carbocycles. The fraction of sp³-hybridized carbons (Fsp3) is 0.241. The van der Waals surface area contributed by atoms with Crippen molar-refractivity contribution >= 4 is 35.1 Å². The molecule has 2 aromatic carbocycles. The van der Waals surface area contributed by atoms with Gasteiger partial charge < -0.3 is 20.4 Å². The van der Waals surface area contributed by atoms with Gasteiger partial charge in [-0.2, -0.15) is 0 Å². The first-order valence-electron chi connectivity index (χ1n) is 12.9. The number of imidazole rings is 1. The Hall–Kier alpha value is -4.44. The third-order valence-corrected chi connectivity index (χ3v) is 7.74. The van der Waals surface area contributed by atoms with Gasteiger partial charge in [0.15, 0.2) is 11.4 Å². The van der Waals surface area contributed by atoms with Gasteiger partial charge in [-0.05, 0) is 49.1 Å². The number of H-pyrrole nitrogens is 1. The molecule has 1 unspecified atom stereocenters. The molecule has 4 aromatic rings. The van der Waals surface area contributed by atoms with Gasteiger partial charge in [-0.3, -0.25) is 10.1 Å². The summed E-state index contributed by atoms with van der Waals surface area (Å²) in [6.07, 6.45) is 3.84. The second-order valence-electron chi connectivity index (χ2n) is 10.1. The molecule has 204 valence electrons. The number of rotatable bonds is 5. The first kappa shape index (κ1) is 25.8. The Morgan fingerprint density at radius 1 is 1.15 bits per heavy atom. The van der Waals surface area contributed by atoms with Gasteiger partial charge >= 0.3 is 6.09 Å². The lowest BCUT2D eigenvalue weighted by Gasteiger charge is -2.45. The fourth-order valence-corrected chi connectivity index (χ4v) is 5.72. The Kier molecular flexibility index (Phi) is 6.63. The normalized spacial score (nSPS) is 19.1. The lowest BCUT2D eigenvalue weighted by atomic mass is 9.82. The quantitative estimate of drug-likeness (QED) is 0.306. The highest BCUT2D eigenvalue weighted by molar-refractivity contribution is 6.31. The maximum Gasteiger partial charge on any atom is 0.412 e. The largest absolute Gasteiger partial charge is 0.436 e. The average Bonchev–Trinajstić information content (AvgIpc) is 3.44. The Morgan fingerprint density at radius 3 is 2.75 bits per heavy atom. The molecule has 11 heteroatoms. The minimum Gasteiger partial charge on any atom is -0.436 e. The van der Waals surface area contributed by atoms with Crippen molar-refractivity contribution in [2.75, 3.05) is 24.1 Å². The summed E-state index contributed by atoms with van der Waals surface area (Å²) in [6.45, 7) is 0.411. The second kappa shape index (κ2) is 10.3. The molecule has 2 aliphatic rings. The van der Waals surface area contributed by atoms with E-state index in [1.54, 1.807) is 29.4 Å². The van der Waals surface area contributed by atoms with Crippen LogP contribution in [0.25, 0.3) is 11.3 Å². The van der Waals surface area contributed by atoms with E-state index >= 15 is 4.39 Å². The lowest BCUT2D eigenvalue weighted by Crippen LogP contribution is -2.54. The van der Waals surface area contributed by atoms with Crippen LogP contribution < -0.4 is 11.1 Å². The summed E-state index contributed by atoms with van der Waals surface area (Å²) in [5, 5.41) is 2.48. The number of nitrogens with zero attached hydrogens (tertiary/aromatic N) is 3. The highest BCUT2D eigenvalue weighted by atomic mass is 35.5. The van der Waals surface area contributed by atoms with Gasteiger partial charge in [-0.25, -0.2) is 19.2 Å². The minimum absolute atomic E-state index is 0.00967. The van der Waals surface area contributed by atoms with Crippen molar-refractivity contribution in [1.82, 2.24) is 19.9 Å². The topological polar surface area (TPSA) is 126 Å². The van der Waals surface area contributed by atoms with Crippen molar-refractivity contribution in [1.29, 1.82) is 0 Å². The van der Waals surface area contributed by atoms with Crippen molar-refractivity contribution in [3.05, 3.63) is 94.8 Å². The molecule has 1 spiro atoms. The van der Waals surface area contributed by atoms with E-state index in [0.29, 0.717) is 48.8 Å². The molecule has 0 aliphatic carbocycles. The van der Waals surface area contributed by atoms with Crippen LogP contribution >= 0.6 is 11.6 Å². The van der Waals surface area contributed by atoms with Crippen molar-refractivity contribution in [3.8, 4) is 11.3 Å². The molecule has 1 fully saturated rings. The van der Waals surface area contributed by atoms with Gasteiger partial charge in [0.1, 0.15) is 17.6 Å². The summed E-state index contributed by atoms with van der Waals surface area (Å²) in [4.78, 5) is 40.4. The minimum atomic E-state index is -1.36. The van der Waals surface area contributed by atoms with E-state index in [9.17, 15) is 9.59 Å². The maximum atomic E-state index is 15.4. The number of carbonyl (C=O) groups is 2. The van der Waals surface area contributed by atoms with Crippen molar-refractivity contribution in [2.45, 2.75) is 30.8 Å². The van der Waals surface area contributed by atoms with E-state index in [4.69, 9.17) is 22.1 Å². The van der Waals surface area contributed by atoms with E-state index in [2.05, 4.69) is 20.3 Å². The van der Waals surface area contributed by atoms with Gasteiger partial charge in [0.2, 0.25) is 5.91 Å². The second-order valence-corrected chi connectivity index (χ2v) is 10.5. The maximum absolute atomic E-state index is 15.4. The van der Waals surface area contributed by atoms with E-state index in [-0.39, 0.29) is 23.0 Å². The predicted octanol–water partition coefficient (Wildman–Crippen LogP) is 5.25. The molecule has 2 aliphatic heterocycles. The highest BCUT2D eigenvalue weighted by Crippen LogP contribution is 2.45. The number of fused-ring (bicyclic) bond motifs is 2. The zero-order chi connectivity index (χ0) is 27.9. The summed E-state index contributed by atoms with van der Waals surface area (Å²) in [5.41, 5.74) is 7.25. The van der Waals surface area contributed by atoms with E-state index in [1.807, 2.05) is 36.4 Å². The number of ether oxygens (including phenoxy) is 1. The number of anilines is 2. The Morgan fingerprint density at radius 2 is 1.98 bits per heavy atom. The Bertz CT molecular complexity index is 1580. The third-order valence-electron chi connectivity index (χ3n) is 7.45. The average molecular weight is 561 g/mol. The van der Waals surface area contributed by atoms with E-state index < -0.39 is 23.4 Å². The number of aromatic nitrogens is 3. The molecule has 2 amide bonds. The number of piperidine rings is 1. The number of pyridine rings is 1. The molecule has 1 saturated heterocycles. The van der Waals surface area contributed by atoms with Crippen LogP contribution in [0.3, 0.4) is 0 Å². The molecular weight excluding hydrogens is 535 g/mol. The monoisotopic (exact) mass is 560 g/mol. The molecule has 2 aromatic heterocycles. The Labute approximate surface area is 234 Å². The standard InChI is InChI=1S/C29H26ClFN6O3/c30-20-8-9-21-24(25(20)31)29(40-28(39)36-21)11-4-12-37(16-29)27(38)19(13-17-5-2-1-3-6-17)26-34-15-22(35-26)18-7-10-23(32)33-14-18/h1-3,5-10,14-15,19H,4,11-13,16H2,(H2,32,33)(H,34,35)(H,36,39)/t19?,29-/m0/s1. The number of benzene rings is 2. The molecule has 4 heterocycles. The third kappa shape index (κ3) is 4.75. The first-order chi connectivity index (χ1) is 19.3. The van der Waals surface area contributed by atoms with Gasteiger partial charge in [-0.1, -0.05) is 41.9 Å². The summed E-state index contributed by atoms with van der Waals surface area (Å²) in [5.74, 6) is -0.663. The van der Waals surface area contributed by atoms with Crippen LogP contribution in [-0.4, -0.2) is 44.9 Å². The lowest BCUT2D eigenvalue weighted by molar-refractivity contribution is -0.141. The zero-order valence-electron chi connectivity index (χ0n) is 21.4. The van der Waals surface area contributed by atoms with Gasteiger partial charge in [0.25, 0.3) is 0 Å². The summed E-state index contributed by atoms with van der Waals surface area (Å²) in [6, 6.07) is 16.1. The Balaban J connectivity index is 1.35. The molecule has 4 N–H and O–H groups in total. The molecular formula is C29H26ClFN6O3. The first-order valence-corrected chi connectivity index (χ1v) is 13.3. The smallest absolute Gasteiger partial charge is 0.412 e. The summed E-state index contributed by atoms with van der Waals surface area (Å²) in [7, 11) is 0. The molecule has 40 heavy (non-hydrogen) atoms. The van der Waals surface area contributed by atoms with Crippen LogP contribution in [0.4, 0.5) is 20.7 Å². The summed E-state index contributed by atoms with van der Waals surface area (Å²) >= 11 is 6.12. The predicted molar refractivity (Wildman–Crippen MR) is 148 cm³/mol. The number of halogens is 2. The van der Waals surface area contributed by atoms with Crippen molar-refractivity contribution < 1.29 is 18.7 Å². The van der Waals surface area contributed by atoms with Gasteiger partial charge in [-0.15, -0.1) is 0 Å². The van der Waals surface area contributed by atoms with E-state index in [1.165, 1.54) is 6.07 Å². The van der Waals surface area contributed by atoms with Crippen LogP contribution in [0, 0.1) is 5.82 Å². The van der Waals surface area contributed by atoms with Crippen LogP contribution in [0.15, 0.2) is 67.0 Å². The van der Waals surface area contributed by atoms with E-state index in [0.717, 1.165) is 11.1 Å². The molecule has 0 radical (unpaired) electrons. The SMILES string of the molecule is Nc1ccc(-c2cnc(C(Cc3ccccc3)C(=O)N3CCC[C@@]4(C3)OC(=O)Nc3ccc(Cl)c(F)c34)[nH]2)cn1. The number of hydrogen-bond donors (Lipinski definition) is 3. The number of likely N-dealkylation sites (tertiary alicyclic amines) is 1. The molecule has 2 atom stereocenters. The molecule has 0 bridgehead atoms. The number of aromatic amines is 1. The number of carbonyl (C=O) groups excluding carboxylic acids is 2. The van der Waals surface area contributed by atoms with Crippen molar-refractivity contribution in [3.63, 3.8) is 0 Å². The number of amides is 2. The zero-order valence-corrected chi connectivity index (χ0v) is 22.1. The fourth-order valence-electron chi connectivity index (χ4n) is 5.56. The number of hydrogen-bond acceptors (Lipinski definition) is 6. The van der Waals surface area contributed by atoms with Crippen LogP contribution in [0.5, 0.6) is 0 Å². The van der Waals surface area contributed by atoms with Crippen LogP contribution in [0.1, 0.15) is 35.7 Å². The van der Waals surface area contributed by atoms with Gasteiger partial charge in [0, 0.05) is 18.3 Å². The number of nitrogens with one attached hydrogen (secondary N) is 2. The van der Waals surface area contributed by atoms with Gasteiger partial charge in [0.05, 0.1) is 34.7 Å². The number of nitrogen functional groups attached to an aromatic ring is 1. The van der Waals surface area contributed by atoms with Crippen molar-refractivity contribution in [2.24, 2.45) is 0 Å².